The molecule has 4 rings (SSSR count). The maximum Gasteiger partial charge on any atom is 0.121 e. The van der Waals surface area contributed by atoms with Crippen molar-refractivity contribution in [2.75, 3.05) is 0 Å². The summed E-state index contributed by atoms with van der Waals surface area (Å²) in [6.07, 6.45) is 4.31. The molecule has 4 N–H and O–H groups in total. The number of hydrogen-bond donors (Lipinski definition) is 3. The van der Waals surface area contributed by atoms with Gasteiger partial charge in [0, 0.05) is 17.1 Å². The van der Waals surface area contributed by atoms with Gasteiger partial charge in [0.05, 0.1) is 17.6 Å². The van der Waals surface area contributed by atoms with Crippen molar-refractivity contribution in [2.24, 2.45) is 11.7 Å². The standard InChI is InChI=1S/C21H25ClN4/c22-16-7-5-14(6-8-16)11-15-12-17(9-10-18(15)23)24-13-21-25-19-3-1-2-4-20(19)26-21/h1-8,15,17-18,24H,9-13,23H2,(H,25,26). The van der Waals surface area contributed by atoms with Crippen molar-refractivity contribution in [2.45, 2.75) is 44.3 Å². The van der Waals surface area contributed by atoms with Gasteiger partial charge in [0.1, 0.15) is 5.82 Å². The average molecular weight is 369 g/mol. The van der Waals surface area contributed by atoms with Gasteiger partial charge in [-0.15, -0.1) is 0 Å². The molecule has 3 unspecified atom stereocenters. The molecule has 4 nitrogen and oxygen atoms in total. The quantitative estimate of drug-likeness (QED) is 0.636. The van der Waals surface area contributed by atoms with Crippen molar-refractivity contribution in [1.29, 1.82) is 0 Å². The van der Waals surface area contributed by atoms with Crippen LogP contribution < -0.4 is 11.1 Å². The predicted octanol–water partition coefficient (Wildman–Crippen LogP) is 4.04. The smallest absolute Gasteiger partial charge is 0.121 e. The molecule has 3 aromatic rings. The van der Waals surface area contributed by atoms with Gasteiger partial charge in [-0.05, 0) is 61.4 Å². The molecule has 1 heterocycles. The number of nitrogens with zero attached hydrogens (tertiary/aromatic N) is 1. The molecule has 0 aliphatic heterocycles. The van der Waals surface area contributed by atoms with Crippen molar-refractivity contribution in [1.82, 2.24) is 15.3 Å². The van der Waals surface area contributed by atoms with Crippen molar-refractivity contribution < 1.29 is 0 Å². The number of para-hydroxylation sites is 2. The van der Waals surface area contributed by atoms with E-state index in [0.29, 0.717) is 12.0 Å². The number of H-pyrrole nitrogens is 1. The van der Waals surface area contributed by atoms with Gasteiger partial charge in [0.25, 0.3) is 0 Å². The zero-order chi connectivity index (χ0) is 17.9. The summed E-state index contributed by atoms with van der Waals surface area (Å²) in [5.41, 5.74) is 9.83. The van der Waals surface area contributed by atoms with E-state index in [1.54, 1.807) is 0 Å². The molecular weight excluding hydrogens is 344 g/mol. The van der Waals surface area contributed by atoms with Crippen LogP contribution in [0.4, 0.5) is 0 Å². The van der Waals surface area contributed by atoms with E-state index in [2.05, 4.69) is 33.5 Å². The molecule has 5 heteroatoms. The Balaban J connectivity index is 1.35. The van der Waals surface area contributed by atoms with E-state index in [-0.39, 0.29) is 6.04 Å². The van der Waals surface area contributed by atoms with Crippen LogP contribution in [-0.4, -0.2) is 22.1 Å². The number of nitrogens with two attached hydrogens (primary N) is 1. The normalized spacial score (nSPS) is 23.4. The second-order valence-electron chi connectivity index (χ2n) is 7.35. The number of hydrogen-bond acceptors (Lipinski definition) is 3. The molecule has 0 bridgehead atoms. The fourth-order valence-electron chi connectivity index (χ4n) is 3.96. The van der Waals surface area contributed by atoms with Gasteiger partial charge in [-0.1, -0.05) is 35.9 Å². The van der Waals surface area contributed by atoms with Crippen LogP contribution in [0.25, 0.3) is 11.0 Å². The Morgan fingerprint density at radius 3 is 2.73 bits per heavy atom. The van der Waals surface area contributed by atoms with Gasteiger partial charge in [-0.2, -0.15) is 0 Å². The number of rotatable bonds is 5. The van der Waals surface area contributed by atoms with Gasteiger partial charge in [-0.3, -0.25) is 0 Å². The lowest BCUT2D eigenvalue weighted by atomic mass is 9.78. The summed E-state index contributed by atoms with van der Waals surface area (Å²) >= 11 is 5.99. The third-order valence-electron chi connectivity index (χ3n) is 5.45. The average Bonchev–Trinajstić information content (AvgIpc) is 3.07. The lowest BCUT2D eigenvalue weighted by molar-refractivity contribution is 0.248. The van der Waals surface area contributed by atoms with Crippen LogP contribution in [-0.2, 0) is 13.0 Å². The number of aromatic nitrogens is 2. The summed E-state index contributed by atoms with van der Waals surface area (Å²) in [5, 5.41) is 4.46. The Hall–Kier alpha value is -1.88. The molecule has 0 radical (unpaired) electrons. The second-order valence-corrected chi connectivity index (χ2v) is 7.78. The second kappa shape index (κ2) is 7.78. The molecule has 1 saturated carbocycles. The van der Waals surface area contributed by atoms with Gasteiger partial charge in [0.15, 0.2) is 0 Å². The van der Waals surface area contributed by atoms with Crippen molar-refractivity contribution in [3.05, 3.63) is 64.9 Å². The number of nitrogens with one attached hydrogen (secondary N) is 2. The molecule has 1 aliphatic carbocycles. The van der Waals surface area contributed by atoms with E-state index in [1.165, 1.54) is 5.56 Å². The van der Waals surface area contributed by atoms with E-state index < -0.39 is 0 Å². The van der Waals surface area contributed by atoms with Crippen molar-refractivity contribution >= 4 is 22.6 Å². The fraction of sp³-hybridized carbons (Fsp3) is 0.381. The molecule has 0 spiro atoms. The third-order valence-corrected chi connectivity index (χ3v) is 5.70. The minimum Gasteiger partial charge on any atom is -0.341 e. The van der Waals surface area contributed by atoms with Crippen LogP contribution >= 0.6 is 11.6 Å². The summed E-state index contributed by atoms with van der Waals surface area (Å²) < 4.78 is 0. The predicted molar refractivity (Wildman–Crippen MR) is 107 cm³/mol. The molecule has 1 aromatic heterocycles. The summed E-state index contributed by atoms with van der Waals surface area (Å²) in [7, 11) is 0. The monoisotopic (exact) mass is 368 g/mol. The van der Waals surface area contributed by atoms with Crippen LogP contribution in [0.2, 0.25) is 5.02 Å². The fourth-order valence-corrected chi connectivity index (χ4v) is 4.09. The highest BCUT2D eigenvalue weighted by Gasteiger charge is 2.28. The lowest BCUT2D eigenvalue weighted by Gasteiger charge is -2.34. The summed E-state index contributed by atoms with van der Waals surface area (Å²) in [6.45, 7) is 0.766. The highest BCUT2D eigenvalue weighted by molar-refractivity contribution is 6.30. The number of aromatic amines is 1. The van der Waals surface area contributed by atoms with Gasteiger partial charge in [-0.25, -0.2) is 4.98 Å². The first-order valence-electron chi connectivity index (χ1n) is 9.34. The number of benzene rings is 2. The molecule has 136 valence electrons. The molecule has 0 saturated heterocycles. The first-order chi connectivity index (χ1) is 12.7. The maximum atomic E-state index is 6.40. The molecule has 26 heavy (non-hydrogen) atoms. The summed E-state index contributed by atoms with van der Waals surface area (Å²) in [6, 6.07) is 17.1. The van der Waals surface area contributed by atoms with E-state index >= 15 is 0 Å². The Labute approximate surface area is 159 Å². The van der Waals surface area contributed by atoms with Crippen LogP contribution in [0.15, 0.2) is 48.5 Å². The molecule has 3 atom stereocenters. The minimum absolute atomic E-state index is 0.273. The van der Waals surface area contributed by atoms with E-state index in [4.69, 9.17) is 17.3 Å². The topological polar surface area (TPSA) is 66.7 Å². The van der Waals surface area contributed by atoms with Crippen LogP contribution in [0.1, 0.15) is 30.7 Å². The summed E-state index contributed by atoms with van der Waals surface area (Å²) in [4.78, 5) is 8.04. The van der Waals surface area contributed by atoms with Crippen molar-refractivity contribution in [3.8, 4) is 0 Å². The van der Waals surface area contributed by atoms with Gasteiger partial charge in [0.2, 0.25) is 0 Å². The van der Waals surface area contributed by atoms with Crippen LogP contribution in [0.3, 0.4) is 0 Å². The van der Waals surface area contributed by atoms with E-state index in [1.807, 2.05) is 30.3 Å². The lowest BCUT2D eigenvalue weighted by Crippen LogP contribution is -2.44. The molecule has 0 amide bonds. The zero-order valence-corrected chi connectivity index (χ0v) is 15.5. The molecular formula is C21H25ClN4. The Bertz CT molecular complexity index is 825. The maximum absolute atomic E-state index is 6.40. The largest absolute Gasteiger partial charge is 0.341 e. The van der Waals surface area contributed by atoms with Gasteiger partial charge >= 0.3 is 0 Å². The SMILES string of the molecule is NC1CCC(NCc2nc3ccccc3[nH]2)CC1Cc1ccc(Cl)cc1. The Morgan fingerprint density at radius 1 is 1.12 bits per heavy atom. The van der Waals surface area contributed by atoms with Gasteiger partial charge < -0.3 is 16.0 Å². The third kappa shape index (κ3) is 4.09. The Kier molecular flexibility index (Phi) is 5.25. The molecule has 1 aliphatic rings. The van der Waals surface area contributed by atoms with E-state index in [0.717, 1.165) is 54.1 Å². The number of fused-ring (bicyclic) bond motifs is 1. The zero-order valence-electron chi connectivity index (χ0n) is 14.8. The van der Waals surface area contributed by atoms with Crippen LogP contribution in [0, 0.1) is 5.92 Å². The first kappa shape index (κ1) is 17.5. The number of imidazole rings is 1. The van der Waals surface area contributed by atoms with E-state index in [9.17, 15) is 0 Å². The van der Waals surface area contributed by atoms with Crippen molar-refractivity contribution in [3.63, 3.8) is 0 Å². The Morgan fingerprint density at radius 2 is 1.92 bits per heavy atom. The highest BCUT2D eigenvalue weighted by Crippen LogP contribution is 2.27. The summed E-state index contributed by atoms with van der Waals surface area (Å²) in [5.74, 6) is 1.49. The minimum atomic E-state index is 0.273. The first-order valence-corrected chi connectivity index (χ1v) is 9.72. The molecule has 1 fully saturated rings. The highest BCUT2D eigenvalue weighted by atomic mass is 35.5. The molecule has 2 aromatic carbocycles. The van der Waals surface area contributed by atoms with Crippen LogP contribution in [0.5, 0.6) is 0 Å². The number of halogens is 1.